The summed E-state index contributed by atoms with van der Waals surface area (Å²) < 4.78 is 24.5. The molecule has 0 unspecified atom stereocenters. The lowest BCUT2D eigenvalue weighted by molar-refractivity contribution is -0.884. The standard InChI is InChI=1S/C10H17N3O2S2/c1-9-3-4-10(16-9)17(14,15)11-13-7-5-12(2)6-8-13/h3-4,11H,5-8H2,1-2H3/p+1. The van der Waals surface area contributed by atoms with E-state index in [1.54, 1.807) is 11.1 Å². The average molecular weight is 276 g/mol. The molecular formula is C10H18N3O2S2+. The summed E-state index contributed by atoms with van der Waals surface area (Å²) in [5.41, 5.74) is 0. The Morgan fingerprint density at radius 1 is 1.35 bits per heavy atom. The lowest BCUT2D eigenvalue weighted by Crippen LogP contribution is -3.12. The molecule has 0 atom stereocenters. The second-order valence-electron chi connectivity index (χ2n) is 4.40. The van der Waals surface area contributed by atoms with E-state index < -0.39 is 10.0 Å². The van der Waals surface area contributed by atoms with Crippen LogP contribution in [0.25, 0.3) is 0 Å². The number of nitrogens with zero attached hydrogens (tertiary/aromatic N) is 1. The van der Waals surface area contributed by atoms with E-state index in [2.05, 4.69) is 11.9 Å². The van der Waals surface area contributed by atoms with Gasteiger partial charge in [-0.25, -0.2) is 13.4 Å². The number of likely N-dealkylation sites (N-methyl/N-ethyl adjacent to an activating group) is 1. The van der Waals surface area contributed by atoms with E-state index in [-0.39, 0.29) is 0 Å². The third kappa shape index (κ3) is 3.26. The number of rotatable bonds is 3. The second-order valence-corrected chi connectivity index (χ2v) is 7.58. The van der Waals surface area contributed by atoms with Crippen LogP contribution in [0.2, 0.25) is 0 Å². The van der Waals surface area contributed by atoms with Gasteiger partial charge in [-0.2, -0.15) is 0 Å². The van der Waals surface area contributed by atoms with Gasteiger partial charge in [0.1, 0.15) is 4.21 Å². The molecule has 96 valence electrons. The highest BCUT2D eigenvalue weighted by Gasteiger charge is 2.23. The van der Waals surface area contributed by atoms with Gasteiger partial charge in [-0.15, -0.1) is 16.2 Å². The van der Waals surface area contributed by atoms with E-state index in [1.807, 2.05) is 13.0 Å². The third-order valence-electron chi connectivity index (χ3n) is 2.85. The Bertz CT molecular complexity index is 475. The summed E-state index contributed by atoms with van der Waals surface area (Å²) in [7, 11) is -1.25. The van der Waals surface area contributed by atoms with Gasteiger partial charge in [-0.3, -0.25) is 0 Å². The van der Waals surface area contributed by atoms with Gasteiger partial charge in [0.15, 0.2) is 0 Å². The quantitative estimate of drug-likeness (QED) is 0.751. The Morgan fingerprint density at radius 3 is 2.53 bits per heavy atom. The summed E-state index contributed by atoms with van der Waals surface area (Å²) in [4.78, 5) is 5.09. The first-order valence-electron chi connectivity index (χ1n) is 5.62. The first-order valence-corrected chi connectivity index (χ1v) is 7.92. The van der Waals surface area contributed by atoms with E-state index in [0.717, 1.165) is 31.1 Å². The summed E-state index contributed by atoms with van der Waals surface area (Å²) in [6.45, 7) is 5.35. The van der Waals surface area contributed by atoms with Crippen LogP contribution in [0.4, 0.5) is 0 Å². The average Bonchev–Trinajstić information content (AvgIpc) is 2.69. The molecule has 1 aromatic rings. The molecule has 17 heavy (non-hydrogen) atoms. The Hall–Kier alpha value is -0.470. The first kappa shape index (κ1) is 13.0. The molecule has 2 heterocycles. The van der Waals surface area contributed by atoms with Gasteiger partial charge in [0.2, 0.25) is 0 Å². The van der Waals surface area contributed by atoms with Gasteiger partial charge >= 0.3 is 0 Å². The number of aryl methyl sites for hydroxylation is 1. The van der Waals surface area contributed by atoms with Crippen molar-refractivity contribution >= 4 is 21.4 Å². The fourth-order valence-corrected chi connectivity index (χ4v) is 4.15. The number of sulfonamides is 1. The fourth-order valence-electron chi connectivity index (χ4n) is 1.75. The monoisotopic (exact) mass is 276 g/mol. The van der Waals surface area contributed by atoms with E-state index in [1.165, 1.54) is 16.2 Å². The molecule has 1 aliphatic heterocycles. The number of thiophene rings is 1. The predicted molar refractivity (Wildman–Crippen MR) is 67.6 cm³/mol. The molecule has 1 fully saturated rings. The summed E-state index contributed by atoms with van der Waals surface area (Å²) >= 11 is 1.30. The number of quaternary nitrogens is 1. The number of hydrazine groups is 1. The Labute approximate surface area is 106 Å². The van der Waals surface area contributed by atoms with Crippen LogP contribution in [-0.2, 0) is 10.0 Å². The van der Waals surface area contributed by atoms with Gasteiger partial charge in [0.05, 0.1) is 33.2 Å². The zero-order chi connectivity index (χ0) is 12.5. The minimum Gasteiger partial charge on any atom is -0.335 e. The molecule has 5 nitrogen and oxygen atoms in total. The molecular weight excluding hydrogens is 258 g/mol. The summed E-state index contributed by atoms with van der Waals surface area (Å²) in [5.74, 6) is 0. The molecule has 0 radical (unpaired) electrons. The van der Waals surface area contributed by atoms with Gasteiger partial charge in [-0.05, 0) is 19.1 Å². The maximum atomic E-state index is 12.0. The number of hydrogen-bond donors (Lipinski definition) is 2. The van der Waals surface area contributed by atoms with Crippen LogP contribution in [0, 0.1) is 6.92 Å². The van der Waals surface area contributed by atoms with Gasteiger partial charge < -0.3 is 4.90 Å². The van der Waals surface area contributed by atoms with Crippen molar-refractivity contribution < 1.29 is 13.3 Å². The van der Waals surface area contributed by atoms with Gasteiger partial charge in [0, 0.05) is 4.88 Å². The third-order valence-corrected chi connectivity index (χ3v) is 5.71. The normalized spacial score (nSPS) is 19.6. The molecule has 2 N–H and O–H groups in total. The molecule has 0 saturated carbocycles. The van der Waals surface area contributed by atoms with Crippen LogP contribution in [-0.4, -0.2) is 46.7 Å². The van der Waals surface area contributed by atoms with Crippen molar-refractivity contribution in [3.63, 3.8) is 0 Å². The lowest BCUT2D eigenvalue weighted by Gasteiger charge is -2.29. The number of piperazine rings is 1. The number of hydrogen-bond acceptors (Lipinski definition) is 4. The minimum atomic E-state index is -3.37. The zero-order valence-corrected chi connectivity index (χ0v) is 11.7. The molecule has 1 aliphatic rings. The van der Waals surface area contributed by atoms with Gasteiger partial charge in [0.25, 0.3) is 10.0 Å². The fraction of sp³-hybridized carbons (Fsp3) is 0.600. The summed E-state index contributed by atoms with van der Waals surface area (Å²) in [6.07, 6.45) is 0. The molecule has 0 amide bonds. The van der Waals surface area contributed by atoms with E-state index >= 15 is 0 Å². The highest BCUT2D eigenvalue weighted by molar-refractivity contribution is 7.91. The predicted octanol–water partition coefficient (Wildman–Crippen LogP) is -0.920. The van der Waals surface area contributed by atoms with Crippen molar-refractivity contribution in [1.82, 2.24) is 9.84 Å². The maximum Gasteiger partial charge on any atom is 0.262 e. The SMILES string of the molecule is Cc1ccc(S(=O)(=O)NN2CC[NH+](C)CC2)s1. The molecule has 7 heteroatoms. The van der Waals surface area contributed by atoms with Crippen LogP contribution in [0.5, 0.6) is 0 Å². The van der Waals surface area contributed by atoms with E-state index in [0.29, 0.717) is 4.21 Å². The van der Waals surface area contributed by atoms with Crippen molar-refractivity contribution in [3.05, 3.63) is 17.0 Å². The van der Waals surface area contributed by atoms with Crippen molar-refractivity contribution in [2.75, 3.05) is 33.2 Å². The first-order chi connectivity index (χ1) is 7.97. The van der Waals surface area contributed by atoms with E-state index in [9.17, 15) is 8.42 Å². The second kappa shape index (κ2) is 5.03. The van der Waals surface area contributed by atoms with Crippen molar-refractivity contribution in [3.8, 4) is 0 Å². The molecule has 0 bridgehead atoms. The smallest absolute Gasteiger partial charge is 0.262 e. The van der Waals surface area contributed by atoms with Crippen molar-refractivity contribution in [1.29, 1.82) is 0 Å². The zero-order valence-electron chi connectivity index (χ0n) is 10.1. The van der Waals surface area contributed by atoms with Crippen LogP contribution in [0.15, 0.2) is 16.3 Å². The van der Waals surface area contributed by atoms with Gasteiger partial charge in [-0.1, -0.05) is 0 Å². The molecule has 2 rings (SSSR count). The molecule has 0 aliphatic carbocycles. The van der Waals surface area contributed by atoms with Crippen LogP contribution in [0.3, 0.4) is 0 Å². The van der Waals surface area contributed by atoms with E-state index in [4.69, 9.17) is 0 Å². The van der Waals surface area contributed by atoms with Crippen molar-refractivity contribution in [2.45, 2.75) is 11.1 Å². The highest BCUT2D eigenvalue weighted by atomic mass is 32.2. The van der Waals surface area contributed by atoms with Crippen LogP contribution in [0.1, 0.15) is 4.88 Å². The number of nitrogens with one attached hydrogen (secondary N) is 2. The Balaban J connectivity index is 2.03. The maximum absolute atomic E-state index is 12.0. The minimum absolute atomic E-state index is 0.390. The lowest BCUT2D eigenvalue weighted by atomic mass is 10.4. The van der Waals surface area contributed by atoms with Crippen LogP contribution < -0.4 is 9.73 Å². The molecule has 0 aromatic carbocycles. The summed E-state index contributed by atoms with van der Waals surface area (Å²) in [6, 6.07) is 3.48. The van der Waals surface area contributed by atoms with Crippen molar-refractivity contribution in [2.24, 2.45) is 0 Å². The van der Waals surface area contributed by atoms with Crippen LogP contribution >= 0.6 is 11.3 Å². The Morgan fingerprint density at radius 2 is 2.00 bits per heavy atom. The topological polar surface area (TPSA) is 53.9 Å². The summed E-state index contributed by atoms with van der Waals surface area (Å²) in [5, 5.41) is 1.79. The largest absolute Gasteiger partial charge is 0.335 e. The Kier molecular flexibility index (Phi) is 3.84. The highest BCUT2D eigenvalue weighted by Crippen LogP contribution is 2.20. The molecule has 1 saturated heterocycles. The molecule has 0 spiro atoms. The molecule has 1 aromatic heterocycles.